The van der Waals surface area contributed by atoms with Crippen LogP contribution < -0.4 is 0 Å². The van der Waals surface area contributed by atoms with Crippen molar-refractivity contribution in [2.75, 3.05) is 26.3 Å². The van der Waals surface area contributed by atoms with Crippen LogP contribution in [-0.4, -0.2) is 43.0 Å². The minimum absolute atomic E-state index is 0.110. The maximum absolute atomic E-state index is 12.8. The predicted molar refractivity (Wildman–Crippen MR) is 79.6 cm³/mol. The Bertz CT molecular complexity index is 444. The second kappa shape index (κ2) is 3.86. The molecule has 2 heterocycles. The van der Waals surface area contributed by atoms with Gasteiger partial charge in [0.2, 0.25) is 0 Å². The minimum Gasteiger partial charge on any atom is -0.380 e. The van der Waals surface area contributed by atoms with Crippen molar-refractivity contribution >= 4 is 5.78 Å². The van der Waals surface area contributed by atoms with Crippen molar-refractivity contribution in [3.05, 3.63) is 0 Å². The fourth-order valence-corrected chi connectivity index (χ4v) is 5.07. The number of hydrogen-bond acceptors (Lipinski definition) is 3. The summed E-state index contributed by atoms with van der Waals surface area (Å²) in [5.74, 6) is 0.411. The number of nitrogens with zero attached hydrogens (tertiary/aromatic N) is 1. The molecule has 0 bridgehead atoms. The molecule has 0 aromatic carbocycles. The molecule has 2 aliphatic heterocycles. The van der Waals surface area contributed by atoms with E-state index < -0.39 is 0 Å². The molecule has 0 aromatic heterocycles. The van der Waals surface area contributed by atoms with Gasteiger partial charge in [-0.3, -0.25) is 9.69 Å². The average molecular weight is 279 g/mol. The summed E-state index contributed by atoms with van der Waals surface area (Å²) in [5.41, 5.74) is 0.727. The molecule has 0 N–H and O–H groups in total. The Balaban J connectivity index is 1.88. The number of ketones is 1. The first-order chi connectivity index (χ1) is 9.13. The van der Waals surface area contributed by atoms with Crippen molar-refractivity contribution in [1.29, 1.82) is 0 Å². The van der Waals surface area contributed by atoms with E-state index in [-0.39, 0.29) is 11.5 Å². The van der Waals surface area contributed by atoms with Crippen molar-refractivity contribution in [3.63, 3.8) is 0 Å². The summed E-state index contributed by atoms with van der Waals surface area (Å²) in [4.78, 5) is 15.2. The highest BCUT2D eigenvalue weighted by Crippen LogP contribution is 2.84. The molecule has 114 valence electrons. The van der Waals surface area contributed by atoms with Crippen LogP contribution in [0.4, 0.5) is 0 Å². The van der Waals surface area contributed by atoms with E-state index in [4.69, 9.17) is 4.74 Å². The second-order valence-electron chi connectivity index (χ2n) is 8.68. The molecule has 0 aromatic rings. The summed E-state index contributed by atoms with van der Waals surface area (Å²) in [5, 5.41) is 0. The van der Waals surface area contributed by atoms with Crippen LogP contribution >= 0.6 is 0 Å². The monoisotopic (exact) mass is 279 g/mol. The standard InChI is InChI=1S/C17H29NO2/c1-7-18-9-16(8-12(18)13(19)14(2,3)4)15(5,6)17(16)10-20-11-17/h12H,7-11H2,1-6H3/t12-,16-/m0/s1. The summed E-state index contributed by atoms with van der Waals surface area (Å²) in [6, 6.07) is 0.110. The topological polar surface area (TPSA) is 29.5 Å². The Labute approximate surface area is 123 Å². The van der Waals surface area contributed by atoms with E-state index in [0.717, 1.165) is 32.7 Å². The van der Waals surface area contributed by atoms with E-state index in [2.05, 4.69) is 46.4 Å². The second-order valence-corrected chi connectivity index (χ2v) is 8.68. The molecule has 20 heavy (non-hydrogen) atoms. The van der Waals surface area contributed by atoms with Crippen LogP contribution in [0.1, 0.15) is 48.0 Å². The van der Waals surface area contributed by atoms with E-state index >= 15 is 0 Å². The van der Waals surface area contributed by atoms with Crippen molar-refractivity contribution < 1.29 is 9.53 Å². The highest BCUT2D eigenvalue weighted by molar-refractivity contribution is 5.89. The summed E-state index contributed by atoms with van der Waals surface area (Å²) < 4.78 is 5.55. The first kappa shape index (κ1) is 14.5. The number of carbonyl (C=O) groups is 1. The third kappa shape index (κ3) is 1.41. The summed E-state index contributed by atoms with van der Waals surface area (Å²) >= 11 is 0. The van der Waals surface area contributed by atoms with Gasteiger partial charge < -0.3 is 4.74 Å². The molecule has 2 atom stereocenters. The summed E-state index contributed by atoms with van der Waals surface area (Å²) in [6.45, 7) is 16.9. The Morgan fingerprint density at radius 1 is 1.25 bits per heavy atom. The quantitative estimate of drug-likeness (QED) is 0.778. The summed E-state index contributed by atoms with van der Waals surface area (Å²) in [7, 11) is 0. The van der Waals surface area contributed by atoms with Gasteiger partial charge in [0.25, 0.3) is 0 Å². The van der Waals surface area contributed by atoms with Gasteiger partial charge in [-0.15, -0.1) is 0 Å². The average Bonchev–Trinajstić information content (AvgIpc) is 2.57. The number of likely N-dealkylation sites (tertiary alicyclic amines) is 1. The number of rotatable bonds is 2. The Morgan fingerprint density at radius 2 is 1.85 bits per heavy atom. The van der Waals surface area contributed by atoms with Crippen LogP contribution in [-0.2, 0) is 9.53 Å². The van der Waals surface area contributed by atoms with Crippen LogP contribution in [0.15, 0.2) is 0 Å². The van der Waals surface area contributed by atoms with Gasteiger partial charge in [-0.2, -0.15) is 0 Å². The van der Waals surface area contributed by atoms with Crippen molar-refractivity contribution in [2.24, 2.45) is 21.7 Å². The number of Topliss-reactive ketones (excluding diaryl/α,β-unsaturated/α-hetero) is 1. The molecule has 3 rings (SSSR count). The van der Waals surface area contributed by atoms with E-state index in [0.29, 0.717) is 22.0 Å². The summed E-state index contributed by atoms with van der Waals surface area (Å²) in [6.07, 6.45) is 1.04. The zero-order valence-corrected chi connectivity index (χ0v) is 13.9. The lowest BCUT2D eigenvalue weighted by molar-refractivity contribution is -0.130. The van der Waals surface area contributed by atoms with Crippen LogP contribution in [0.25, 0.3) is 0 Å². The Morgan fingerprint density at radius 3 is 2.20 bits per heavy atom. The van der Waals surface area contributed by atoms with Crippen LogP contribution in [0.3, 0.4) is 0 Å². The third-order valence-corrected chi connectivity index (χ3v) is 6.85. The molecule has 0 radical (unpaired) electrons. The smallest absolute Gasteiger partial charge is 0.155 e. The molecule has 3 fully saturated rings. The zero-order valence-electron chi connectivity index (χ0n) is 13.9. The normalized spacial score (nSPS) is 38.2. The van der Waals surface area contributed by atoms with Crippen LogP contribution in [0.5, 0.6) is 0 Å². The van der Waals surface area contributed by atoms with Crippen LogP contribution in [0, 0.1) is 21.7 Å². The van der Waals surface area contributed by atoms with E-state index in [1.165, 1.54) is 0 Å². The molecule has 0 amide bonds. The molecular weight excluding hydrogens is 250 g/mol. The third-order valence-electron chi connectivity index (χ3n) is 6.85. The zero-order chi connectivity index (χ0) is 15.0. The van der Waals surface area contributed by atoms with Gasteiger partial charge in [0.05, 0.1) is 19.3 Å². The lowest BCUT2D eigenvalue weighted by Gasteiger charge is -2.32. The fraction of sp³-hybridized carbons (Fsp3) is 0.941. The number of carbonyl (C=O) groups excluding carboxylic acids is 1. The Kier molecular flexibility index (Phi) is 2.80. The lowest BCUT2D eigenvalue weighted by atomic mass is 9.82. The maximum Gasteiger partial charge on any atom is 0.155 e. The number of likely N-dealkylation sites (N-methyl/N-ethyl adjacent to an activating group) is 1. The first-order valence-electron chi connectivity index (χ1n) is 7.99. The molecule has 2 saturated heterocycles. The van der Waals surface area contributed by atoms with Crippen molar-refractivity contribution in [1.82, 2.24) is 4.90 Å². The molecule has 1 aliphatic carbocycles. The minimum atomic E-state index is -0.244. The maximum atomic E-state index is 12.8. The van der Waals surface area contributed by atoms with Gasteiger partial charge in [0.15, 0.2) is 5.78 Å². The molecule has 3 heteroatoms. The SMILES string of the molecule is CCN1C[C@@]2(C[C@H]1C(=O)C(C)(C)C)C(C)(C)C21COC1. The van der Waals surface area contributed by atoms with Gasteiger partial charge in [-0.25, -0.2) is 0 Å². The van der Waals surface area contributed by atoms with Crippen molar-refractivity contribution in [3.8, 4) is 0 Å². The van der Waals surface area contributed by atoms with Gasteiger partial charge in [0, 0.05) is 22.8 Å². The number of fused-ring (bicyclic) bond motifs is 1. The van der Waals surface area contributed by atoms with Gasteiger partial charge in [-0.1, -0.05) is 41.5 Å². The highest BCUT2D eigenvalue weighted by Gasteiger charge is 2.86. The number of hydrogen-bond donors (Lipinski definition) is 0. The van der Waals surface area contributed by atoms with E-state index in [1.807, 2.05) is 0 Å². The molecule has 3 nitrogen and oxygen atoms in total. The van der Waals surface area contributed by atoms with Gasteiger partial charge in [-0.05, 0) is 18.4 Å². The molecule has 2 spiro atoms. The highest BCUT2D eigenvalue weighted by atomic mass is 16.5. The van der Waals surface area contributed by atoms with Gasteiger partial charge in [0.1, 0.15) is 0 Å². The molecular formula is C17H29NO2. The fourth-order valence-electron chi connectivity index (χ4n) is 5.07. The van der Waals surface area contributed by atoms with Crippen molar-refractivity contribution in [2.45, 2.75) is 54.0 Å². The van der Waals surface area contributed by atoms with Gasteiger partial charge >= 0.3 is 0 Å². The largest absolute Gasteiger partial charge is 0.380 e. The predicted octanol–water partition coefficient (Wildman–Crippen LogP) is 2.74. The number of ether oxygens (including phenoxy) is 1. The molecule has 3 aliphatic rings. The van der Waals surface area contributed by atoms with E-state index in [1.54, 1.807) is 0 Å². The lowest BCUT2D eigenvalue weighted by Crippen LogP contribution is -2.41. The van der Waals surface area contributed by atoms with E-state index in [9.17, 15) is 4.79 Å². The Hall–Kier alpha value is -0.410. The molecule has 0 unspecified atom stereocenters. The first-order valence-corrected chi connectivity index (χ1v) is 7.99. The van der Waals surface area contributed by atoms with Crippen LogP contribution in [0.2, 0.25) is 0 Å². The molecule has 1 saturated carbocycles.